The van der Waals surface area contributed by atoms with Crippen molar-refractivity contribution in [2.75, 3.05) is 31.5 Å². The maximum absolute atomic E-state index is 12.8. The predicted molar refractivity (Wildman–Crippen MR) is 84.4 cm³/mol. The summed E-state index contributed by atoms with van der Waals surface area (Å²) in [4.78, 5) is 8.21. The maximum Gasteiger partial charge on any atom is 0.419 e. The van der Waals surface area contributed by atoms with Crippen LogP contribution in [0.5, 0.6) is 0 Å². The van der Waals surface area contributed by atoms with Gasteiger partial charge in [0.2, 0.25) is 0 Å². The Labute approximate surface area is 133 Å². The van der Waals surface area contributed by atoms with E-state index in [2.05, 4.69) is 25.9 Å². The Hall–Kier alpha value is -1.99. The van der Waals surface area contributed by atoms with E-state index in [1.165, 1.54) is 25.1 Å². The van der Waals surface area contributed by atoms with Crippen molar-refractivity contribution in [3.8, 4) is 0 Å². The lowest BCUT2D eigenvalue weighted by atomic mass is 10.2. The summed E-state index contributed by atoms with van der Waals surface area (Å²) in [7, 11) is 0. The molecule has 1 aliphatic carbocycles. The Kier molecular flexibility index (Phi) is 6.06. The fourth-order valence-corrected chi connectivity index (χ4v) is 2.00. The fraction of sp³-hybridized carbons (Fsp3) is 0.600. The molecule has 5 nitrogen and oxygen atoms in total. The van der Waals surface area contributed by atoms with Crippen molar-refractivity contribution in [1.82, 2.24) is 15.6 Å². The van der Waals surface area contributed by atoms with Gasteiger partial charge < -0.3 is 16.0 Å². The lowest BCUT2D eigenvalue weighted by Gasteiger charge is -2.14. The molecule has 1 fully saturated rings. The van der Waals surface area contributed by atoms with Crippen molar-refractivity contribution in [3.63, 3.8) is 0 Å². The highest BCUT2D eigenvalue weighted by Crippen LogP contribution is 2.33. The molecule has 0 radical (unpaired) electrons. The Morgan fingerprint density at radius 1 is 1.30 bits per heavy atom. The second-order valence-electron chi connectivity index (χ2n) is 5.41. The van der Waals surface area contributed by atoms with Crippen LogP contribution in [0.25, 0.3) is 0 Å². The number of anilines is 1. The van der Waals surface area contributed by atoms with Gasteiger partial charge in [-0.1, -0.05) is 0 Å². The monoisotopic (exact) mass is 329 g/mol. The van der Waals surface area contributed by atoms with E-state index in [4.69, 9.17) is 0 Å². The van der Waals surface area contributed by atoms with E-state index in [1.54, 1.807) is 0 Å². The summed E-state index contributed by atoms with van der Waals surface area (Å²) < 4.78 is 38.5. The van der Waals surface area contributed by atoms with E-state index in [0.717, 1.165) is 19.2 Å². The number of pyridine rings is 1. The van der Waals surface area contributed by atoms with Crippen molar-refractivity contribution in [3.05, 3.63) is 23.9 Å². The zero-order chi connectivity index (χ0) is 16.7. The normalized spacial score (nSPS) is 15.4. The summed E-state index contributed by atoms with van der Waals surface area (Å²) in [6, 6.07) is 2.30. The minimum atomic E-state index is -4.41. The zero-order valence-corrected chi connectivity index (χ0v) is 13.1. The van der Waals surface area contributed by atoms with E-state index in [0.29, 0.717) is 25.0 Å². The molecular formula is C15H22F3N5. The van der Waals surface area contributed by atoms with E-state index >= 15 is 0 Å². The first-order chi connectivity index (χ1) is 11.0. The van der Waals surface area contributed by atoms with Crippen LogP contribution >= 0.6 is 0 Å². The van der Waals surface area contributed by atoms with E-state index in [9.17, 15) is 13.2 Å². The number of hydrogen-bond acceptors (Lipinski definition) is 3. The summed E-state index contributed by atoms with van der Waals surface area (Å²) >= 11 is 0. The highest BCUT2D eigenvalue weighted by molar-refractivity contribution is 5.79. The first-order valence-electron chi connectivity index (χ1n) is 7.79. The summed E-state index contributed by atoms with van der Waals surface area (Å²) in [6.45, 7) is 4.26. The van der Waals surface area contributed by atoms with Gasteiger partial charge in [-0.25, -0.2) is 4.98 Å². The standard InChI is InChI=1S/C15H22F3N5/c1-2-19-14(23-10-11-5-6-11)22-9-8-21-13-12(15(16,17)18)4-3-7-20-13/h3-4,7,11H,2,5-6,8-10H2,1H3,(H,20,21)(H2,19,22,23). The number of guanidine groups is 1. The molecule has 0 spiro atoms. The smallest absolute Gasteiger partial charge is 0.368 e. The second kappa shape index (κ2) is 8.03. The highest BCUT2D eigenvalue weighted by atomic mass is 19.4. The molecule has 1 aromatic rings. The third kappa shape index (κ3) is 5.96. The van der Waals surface area contributed by atoms with Gasteiger partial charge in [-0.05, 0) is 37.8 Å². The van der Waals surface area contributed by atoms with Crippen LogP contribution in [0.3, 0.4) is 0 Å². The molecule has 3 N–H and O–H groups in total. The molecule has 0 unspecified atom stereocenters. The van der Waals surface area contributed by atoms with Gasteiger partial charge >= 0.3 is 6.18 Å². The highest BCUT2D eigenvalue weighted by Gasteiger charge is 2.33. The van der Waals surface area contributed by atoms with Crippen LogP contribution in [-0.4, -0.2) is 37.1 Å². The molecule has 128 valence electrons. The van der Waals surface area contributed by atoms with Gasteiger partial charge in [0.15, 0.2) is 5.96 Å². The fourth-order valence-electron chi connectivity index (χ4n) is 2.00. The van der Waals surface area contributed by atoms with Crippen LogP contribution in [0, 0.1) is 5.92 Å². The molecule has 1 aliphatic rings. The lowest BCUT2D eigenvalue weighted by molar-refractivity contribution is -0.137. The molecular weight excluding hydrogens is 307 g/mol. The summed E-state index contributed by atoms with van der Waals surface area (Å²) in [5, 5.41) is 8.93. The van der Waals surface area contributed by atoms with Gasteiger partial charge in [0.25, 0.3) is 0 Å². The number of nitrogens with one attached hydrogen (secondary N) is 3. The Morgan fingerprint density at radius 3 is 2.74 bits per heavy atom. The van der Waals surface area contributed by atoms with Crippen LogP contribution in [0.4, 0.5) is 19.0 Å². The van der Waals surface area contributed by atoms with E-state index < -0.39 is 11.7 Å². The summed E-state index contributed by atoms with van der Waals surface area (Å²) in [5.41, 5.74) is -0.755. The number of alkyl halides is 3. The molecule has 0 aliphatic heterocycles. The van der Waals surface area contributed by atoms with Gasteiger partial charge in [-0.2, -0.15) is 13.2 Å². The summed E-state index contributed by atoms with van der Waals surface area (Å²) in [6.07, 6.45) is -0.619. The molecule has 23 heavy (non-hydrogen) atoms. The number of rotatable bonds is 7. The molecule has 8 heteroatoms. The van der Waals surface area contributed by atoms with Crippen LogP contribution in [0.1, 0.15) is 25.3 Å². The molecule has 0 atom stereocenters. The van der Waals surface area contributed by atoms with E-state index in [1.807, 2.05) is 6.92 Å². The SMILES string of the molecule is CCNC(=NCC1CC1)NCCNc1ncccc1C(F)(F)F. The molecule has 0 saturated heterocycles. The first-order valence-corrected chi connectivity index (χ1v) is 7.79. The van der Waals surface area contributed by atoms with Crippen molar-refractivity contribution in [2.24, 2.45) is 10.9 Å². The van der Waals surface area contributed by atoms with Gasteiger partial charge in [0.1, 0.15) is 5.82 Å². The maximum atomic E-state index is 12.8. The summed E-state index contributed by atoms with van der Waals surface area (Å²) in [5.74, 6) is 1.23. The number of aromatic nitrogens is 1. The van der Waals surface area contributed by atoms with Gasteiger partial charge in [-0.15, -0.1) is 0 Å². The average Bonchev–Trinajstić information content (AvgIpc) is 3.32. The Balaban J connectivity index is 1.81. The molecule has 2 rings (SSSR count). The number of hydrogen-bond donors (Lipinski definition) is 3. The molecule has 1 heterocycles. The van der Waals surface area contributed by atoms with Crippen molar-refractivity contribution >= 4 is 11.8 Å². The molecule has 0 bridgehead atoms. The molecule has 0 aromatic carbocycles. The predicted octanol–water partition coefficient (Wildman–Crippen LogP) is 2.48. The van der Waals surface area contributed by atoms with Crippen LogP contribution in [0.15, 0.2) is 23.3 Å². The first kappa shape index (κ1) is 17.4. The number of aliphatic imine (C=N–C) groups is 1. The largest absolute Gasteiger partial charge is 0.419 e. The second-order valence-corrected chi connectivity index (χ2v) is 5.41. The zero-order valence-electron chi connectivity index (χ0n) is 13.1. The minimum absolute atomic E-state index is 0.151. The van der Waals surface area contributed by atoms with Gasteiger partial charge in [0.05, 0.1) is 5.56 Å². The van der Waals surface area contributed by atoms with E-state index in [-0.39, 0.29) is 5.82 Å². The number of halogens is 3. The molecule has 1 aromatic heterocycles. The van der Waals surface area contributed by atoms with Crippen molar-refractivity contribution in [2.45, 2.75) is 25.9 Å². The number of nitrogens with zero attached hydrogens (tertiary/aromatic N) is 2. The van der Waals surface area contributed by atoms with Gasteiger partial charge in [-0.3, -0.25) is 4.99 Å². The van der Waals surface area contributed by atoms with Crippen molar-refractivity contribution in [1.29, 1.82) is 0 Å². The molecule has 0 amide bonds. The Bertz CT molecular complexity index is 526. The third-order valence-electron chi connectivity index (χ3n) is 3.37. The minimum Gasteiger partial charge on any atom is -0.368 e. The van der Waals surface area contributed by atoms with Crippen LogP contribution in [0.2, 0.25) is 0 Å². The third-order valence-corrected chi connectivity index (χ3v) is 3.37. The quantitative estimate of drug-likeness (QED) is 0.409. The Morgan fingerprint density at radius 2 is 2.09 bits per heavy atom. The van der Waals surface area contributed by atoms with Crippen LogP contribution in [-0.2, 0) is 6.18 Å². The lowest BCUT2D eigenvalue weighted by Crippen LogP contribution is -2.39. The average molecular weight is 329 g/mol. The topological polar surface area (TPSA) is 61.3 Å². The van der Waals surface area contributed by atoms with Gasteiger partial charge in [0, 0.05) is 32.4 Å². The van der Waals surface area contributed by atoms with Crippen LogP contribution < -0.4 is 16.0 Å². The van der Waals surface area contributed by atoms with Crippen molar-refractivity contribution < 1.29 is 13.2 Å². The molecule has 1 saturated carbocycles.